The van der Waals surface area contributed by atoms with E-state index < -0.39 is 223 Å². The molecule has 6 aliphatic rings. The molecule has 144 heavy (non-hydrogen) atoms. The fourth-order valence-corrected chi connectivity index (χ4v) is 22.4. The third-order valence-corrected chi connectivity index (χ3v) is 31.0. The van der Waals surface area contributed by atoms with Crippen molar-refractivity contribution in [3.05, 3.63) is 90.3 Å². The third kappa shape index (κ3) is 30.8. The number of carbonyl (C=O) groups excluding carboxylic acids is 16. The summed E-state index contributed by atoms with van der Waals surface area (Å²) in [5, 5.41) is 63.1. The molecule has 5 aliphatic heterocycles. The molecule has 3 aromatic heterocycles. The molecule has 6 fully saturated rings. The van der Waals surface area contributed by atoms with Crippen LogP contribution < -0.4 is 48.3 Å². The van der Waals surface area contributed by atoms with Crippen LogP contribution in [0.25, 0.3) is 21.8 Å². The van der Waals surface area contributed by atoms with E-state index >= 15 is 28.8 Å². The van der Waals surface area contributed by atoms with Gasteiger partial charge in [0.25, 0.3) is 0 Å². The van der Waals surface area contributed by atoms with Crippen LogP contribution in [0, 0.1) is 40.9 Å². The lowest BCUT2D eigenvalue weighted by molar-refractivity contribution is -0.149. The number of fused-ring (bicyclic) bond motifs is 2. The zero-order chi connectivity index (χ0) is 104. The first-order chi connectivity index (χ1) is 68.9. The maximum Gasteiger partial charge on any atom is 0.471 e. The van der Waals surface area contributed by atoms with Crippen molar-refractivity contribution in [1.82, 2.24) is 87.0 Å². The predicted octanol–water partition coefficient (Wildman–Crippen LogP) is 3.26. The number of aromatic nitrogens is 4. The molecule has 18 N–H and O–H groups in total. The van der Waals surface area contributed by atoms with E-state index in [0.29, 0.717) is 105 Å². The van der Waals surface area contributed by atoms with Crippen molar-refractivity contribution in [2.75, 3.05) is 83.9 Å². The highest BCUT2D eigenvalue weighted by Gasteiger charge is 2.49. The number of aliphatic hydroxyl groups is 2. The summed E-state index contributed by atoms with van der Waals surface area (Å²) in [6, 6.07) is 1.64. The van der Waals surface area contributed by atoms with Gasteiger partial charge in [0.2, 0.25) is 76.8 Å². The Balaban J connectivity index is 0.714. The van der Waals surface area contributed by atoms with Crippen molar-refractivity contribution < 1.29 is 115 Å². The molecule has 46 heteroatoms. The number of aliphatic hydroxyl groups excluding tert-OH is 2. The first kappa shape index (κ1) is 113. The van der Waals surface area contributed by atoms with Crippen molar-refractivity contribution in [1.29, 1.82) is 5.41 Å². The van der Waals surface area contributed by atoms with Crippen molar-refractivity contribution in [2.24, 2.45) is 41.2 Å². The Morgan fingerprint density at radius 3 is 1.78 bits per heavy atom. The number of para-hydroxylation sites is 2. The normalized spacial score (nSPS) is 21.1. The van der Waals surface area contributed by atoms with Gasteiger partial charge in [-0.15, -0.1) is 11.8 Å². The van der Waals surface area contributed by atoms with Crippen LogP contribution >= 0.6 is 31.3 Å². The van der Waals surface area contributed by atoms with Gasteiger partial charge in [-0.05, 0) is 163 Å². The lowest BCUT2D eigenvalue weighted by Crippen LogP contribution is -2.59. The molecule has 3 unspecified atom stereocenters. The van der Waals surface area contributed by atoms with Gasteiger partial charge in [0.05, 0.1) is 54.8 Å². The van der Waals surface area contributed by atoms with Crippen LogP contribution in [0.2, 0.25) is 0 Å². The summed E-state index contributed by atoms with van der Waals surface area (Å²) >= 11 is 2.35. The molecule has 43 nitrogen and oxygen atoms in total. The number of nitrogens with one attached hydrogen (secondary N) is 12. The molecule has 5 aromatic rings. The number of ketones is 3. The number of likely N-dealkylation sites (tertiary alicyclic amines) is 5. The van der Waals surface area contributed by atoms with Crippen LogP contribution in [0.5, 0.6) is 0 Å². The van der Waals surface area contributed by atoms with Gasteiger partial charge in [0.1, 0.15) is 48.3 Å². The van der Waals surface area contributed by atoms with Gasteiger partial charge in [0, 0.05) is 168 Å². The van der Waals surface area contributed by atoms with E-state index in [-0.39, 0.29) is 146 Å². The zero-order valence-corrected chi connectivity index (χ0v) is 85.0. The number of thioether (sulfide) groups is 2. The molecule has 13 amide bonds. The smallest absolute Gasteiger partial charge is 0.471 e. The minimum atomic E-state index is -4.04. The number of phosphoric acid groups is 1. The minimum Gasteiger partial charge on any atom is -0.480 e. The van der Waals surface area contributed by atoms with E-state index in [9.17, 15) is 77.5 Å². The average molecular weight is 2060 g/mol. The molecule has 788 valence electrons. The van der Waals surface area contributed by atoms with Crippen molar-refractivity contribution in [3.8, 4) is 0 Å². The quantitative estimate of drug-likeness (QED) is 0.00873. The average Bonchev–Trinajstić information content (AvgIpc) is 1.64. The Hall–Kier alpha value is -11.5. The van der Waals surface area contributed by atoms with Crippen molar-refractivity contribution in [2.45, 2.75) is 266 Å². The van der Waals surface area contributed by atoms with E-state index in [0.717, 1.165) is 48.5 Å². The lowest BCUT2D eigenvalue weighted by Gasteiger charge is -2.33. The number of unbranched alkanes of at least 4 members (excludes halogenated alkanes) is 3. The summed E-state index contributed by atoms with van der Waals surface area (Å²) in [5.41, 5.74) is 8.79. The molecule has 0 bridgehead atoms. The van der Waals surface area contributed by atoms with Crippen LogP contribution in [0.1, 0.15) is 192 Å². The number of rotatable bonds is 56. The minimum absolute atomic E-state index is 0.0248. The van der Waals surface area contributed by atoms with Crippen LogP contribution in [0.15, 0.2) is 73.4 Å². The number of hydrogen-bond donors (Lipinski definition) is 17. The molecule has 8 heterocycles. The third-order valence-electron chi connectivity index (χ3n) is 28.1. The zero-order valence-electron chi connectivity index (χ0n) is 82.5. The maximum absolute atomic E-state index is 15.4. The summed E-state index contributed by atoms with van der Waals surface area (Å²) in [6.07, 6.45) is 11.3. The number of hydrogen-bond acceptors (Lipinski definition) is 26. The number of carboxylic acids is 1. The molecule has 11 rings (SSSR count). The first-order valence-corrected chi connectivity index (χ1v) is 53.8. The Morgan fingerprint density at radius 1 is 0.597 bits per heavy atom. The number of aromatic amines is 3. The summed E-state index contributed by atoms with van der Waals surface area (Å²) in [6.45, 7) is 5.89. The molecular weight excluding hydrogens is 1920 g/mol. The highest BCUT2D eigenvalue weighted by Crippen LogP contribution is 2.42. The molecule has 1 aliphatic carbocycles. The van der Waals surface area contributed by atoms with Gasteiger partial charge in [-0.3, -0.25) is 96.1 Å². The van der Waals surface area contributed by atoms with E-state index in [1.54, 1.807) is 32.3 Å². The molecule has 2 aromatic carbocycles. The Kier molecular flexibility index (Phi) is 42.4. The van der Waals surface area contributed by atoms with E-state index in [4.69, 9.17) is 15.7 Å². The lowest BCUT2D eigenvalue weighted by atomic mass is 9.81. The van der Waals surface area contributed by atoms with Gasteiger partial charge in [0.15, 0.2) is 23.3 Å². The van der Waals surface area contributed by atoms with Crippen molar-refractivity contribution >= 4 is 159 Å². The number of imide groups is 1. The van der Waals surface area contributed by atoms with Crippen LogP contribution in [0.4, 0.5) is 0 Å². The molecule has 5 saturated heterocycles. The molecule has 16 atom stereocenters. The SMILES string of the molecule is COP(=O)(O)OCCCCCCNC(=O)C1CCC(CN2C(=O)CC(SC[C@H](NC(C)=O)C(=O)NC(C(=O)C[C@@H](Cc3cnc[nH]3)C(=O)N[C@@H](CCCNC(=N)N)C(=O)N3CCC[C@H]3C(=O)N3CCC[C@H]3C(=O)C[C@@H](CCSC)C(=O)N[C@@H](Cc3c[nH]c4ccccc34)C(=O)C[C@@H](CO)C(=O)N3CCC[C@H]3C(=O)N[C@H](C(=O)N[C@@H](Cc3c[nH]c4ccccc34)C(=O)N3CCC[C@H]3C(=O)O)C(C)C)[C@@H](C)O)C2=O)CC1. The number of carbonyl (C=O) groups is 17. The van der Waals surface area contributed by atoms with E-state index in [1.807, 2.05) is 48.7 Å². The number of benzene rings is 2. The summed E-state index contributed by atoms with van der Waals surface area (Å²) in [7, 11) is -2.95. The van der Waals surface area contributed by atoms with Gasteiger partial charge < -0.3 is 103 Å². The number of aliphatic carboxylic acids is 1. The number of amides is 13. The van der Waals surface area contributed by atoms with Gasteiger partial charge in [-0.1, -0.05) is 63.1 Å². The van der Waals surface area contributed by atoms with Gasteiger partial charge >= 0.3 is 13.8 Å². The van der Waals surface area contributed by atoms with Crippen LogP contribution in [-0.2, 0) is 114 Å². The number of imidazole rings is 1. The first-order valence-electron chi connectivity index (χ1n) is 49.9. The monoisotopic (exact) mass is 2060 g/mol. The number of guanidine groups is 1. The van der Waals surface area contributed by atoms with Crippen molar-refractivity contribution in [3.63, 3.8) is 0 Å². The Bertz CT molecular complexity index is 5420. The predicted molar refractivity (Wildman–Crippen MR) is 533 cm³/mol. The standard InChI is InChI=1S/C98H140N19O24PS2/c1-56(2)84(91(130)110-73(94(133)116-39-19-28-78(116)97(136)137)44-64-50-105-70-23-12-10-21-68(64)70)111-90(129)76-26-17-37-114(76)92(131)65(53-118)47-79(121)72(43-63-49-104-69-22-11-9-20-67(63)69)109-87(126)61(33-41-143-6)45-80(122)75-25-16-36-113(75)95(134)77-27-18-38-115(77)93(132)71(24-15-35-103-98(99)100)108-88(127)62(42-66-51-101-55-106-66)46-81(123)85(57(3)119)112-89(128)74(107-58(4)120)54-144-82-48-83(124)117(96(82)135)52-59-29-31-60(32-30-59)86(125)102-34-13-7-8-14-40-141-142(138,139)140-5/h9-12,20-23,49-51,55-57,59-62,65,71-78,82,84-85,104-105,118-119H,7-8,13-19,24-48,52-54H2,1-6H3,(H,101,106)(H,102,125)(H,107,120)(H,108,127)(H,109,126)(H,110,130)(H,111,129)(H,112,128)(H,136,137)(H,138,139)(H4,99,100,103)/t57-,59?,60?,61-,62-,65+,71+,72+,73+,74+,75+,76+,77+,78+,82?,84+,85?/m1/s1. The number of carboxylic acid groups (broad SMARTS) is 1. The Labute approximate surface area is 844 Å². The topological polar surface area (TPSA) is 629 Å². The summed E-state index contributed by atoms with van der Waals surface area (Å²) in [5.74, 6) is -16.5. The van der Waals surface area contributed by atoms with Crippen LogP contribution in [-0.4, -0.2) is 326 Å². The highest BCUT2D eigenvalue weighted by molar-refractivity contribution is 8.00. The number of nitrogens with zero attached hydrogens (tertiary/aromatic N) is 6. The second kappa shape index (κ2) is 54.1. The molecule has 0 radical (unpaired) electrons. The van der Waals surface area contributed by atoms with E-state index in [2.05, 4.69) is 67.0 Å². The highest BCUT2D eigenvalue weighted by atomic mass is 32.2. The second-order valence-corrected chi connectivity index (χ2v) is 42.5. The number of Topliss-reactive ketones (excluding diaryl/α,β-unsaturated/α-hetero) is 3. The maximum atomic E-state index is 15.4. The molecule has 1 saturated carbocycles. The number of phosphoric ester groups is 1. The summed E-state index contributed by atoms with van der Waals surface area (Å²) < 4.78 is 20.7. The van der Waals surface area contributed by atoms with Gasteiger partial charge in [-0.25, -0.2) is 14.3 Å². The van der Waals surface area contributed by atoms with E-state index in [1.165, 1.54) is 55.7 Å². The number of H-pyrrole nitrogens is 3. The Morgan fingerprint density at radius 2 is 1.17 bits per heavy atom. The fourth-order valence-electron chi connectivity index (χ4n) is 20.2. The molecule has 0 spiro atoms. The number of nitrogens with two attached hydrogens (primary N) is 1. The molecular formula is C98H140N19O24PS2. The second-order valence-electron chi connectivity index (χ2n) is 38.7. The fraction of sp³-hybridized carbons (Fsp3) is 0.622. The van der Waals surface area contributed by atoms with Gasteiger partial charge in [-0.2, -0.15) is 11.8 Å². The largest absolute Gasteiger partial charge is 0.480 e. The summed E-state index contributed by atoms with van der Waals surface area (Å²) in [4.78, 5) is 274. The van der Waals surface area contributed by atoms with Crippen LogP contribution in [0.3, 0.4) is 0 Å².